The lowest BCUT2D eigenvalue weighted by Gasteiger charge is -2.20. The Hall–Kier alpha value is -1.89. The minimum atomic E-state index is -4.55. The molecule has 1 atom stereocenters. The van der Waals surface area contributed by atoms with Gasteiger partial charge in [-0.25, -0.2) is 9.07 Å². The number of halogens is 4. The molecule has 2 aromatic rings. The van der Waals surface area contributed by atoms with Crippen LogP contribution in [0.1, 0.15) is 35.8 Å². The summed E-state index contributed by atoms with van der Waals surface area (Å²) in [5, 5.41) is 3.70. The molecule has 0 spiro atoms. The van der Waals surface area contributed by atoms with Crippen LogP contribution in [0.4, 0.5) is 17.6 Å². The molecular weight excluding hydrogens is 286 g/mol. The standard InChI is InChI=1S/C14H13F4N3/c15-8-4-6-9(7-5-8)21-11-3-1-2-10(19)12(11)13(20-21)14(16,17)18/h4-7,10H,1-3,19H2. The molecule has 0 fully saturated rings. The summed E-state index contributed by atoms with van der Waals surface area (Å²) in [6.07, 6.45) is -2.86. The summed E-state index contributed by atoms with van der Waals surface area (Å²) >= 11 is 0. The third-order valence-electron chi connectivity index (χ3n) is 3.66. The molecule has 1 unspecified atom stereocenters. The number of alkyl halides is 3. The van der Waals surface area contributed by atoms with Crippen molar-refractivity contribution in [3.63, 3.8) is 0 Å². The highest BCUT2D eigenvalue weighted by Gasteiger charge is 2.41. The number of benzene rings is 1. The zero-order valence-corrected chi connectivity index (χ0v) is 11.0. The number of fused-ring (bicyclic) bond motifs is 1. The van der Waals surface area contributed by atoms with E-state index >= 15 is 0 Å². The Labute approximate surface area is 118 Å². The van der Waals surface area contributed by atoms with Crippen LogP contribution >= 0.6 is 0 Å². The third kappa shape index (κ3) is 2.42. The molecule has 0 saturated carbocycles. The van der Waals surface area contributed by atoms with Gasteiger partial charge in [-0.05, 0) is 43.5 Å². The summed E-state index contributed by atoms with van der Waals surface area (Å²) in [6, 6.07) is 4.53. The maximum absolute atomic E-state index is 13.2. The molecule has 0 radical (unpaired) electrons. The minimum Gasteiger partial charge on any atom is -0.324 e. The molecule has 0 amide bonds. The Kier molecular flexibility index (Phi) is 3.24. The fourth-order valence-electron chi connectivity index (χ4n) is 2.73. The van der Waals surface area contributed by atoms with E-state index in [2.05, 4.69) is 5.10 Å². The smallest absolute Gasteiger partial charge is 0.324 e. The van der Waals surface area contributed by atoms with E-state index in [9.17, 15) is 17.6 Å². The predicted molar refractivity (Wildman–Crippen MR) is 68.4 cm³/mol. The fraction of sp³-hybridized carbons (Fsp3) is 0.357. The maximum atomic E-state index is 13.2. The van der Waals surface area contributed by atoms with Gasteiger partial charge in [0.1, 0.15) is 5.82 Å². The lowest BCUT2D eigenvalue weighted by Crippen LogP contribution is -2.21. The summed E-state index contributed by atoms with van der Waals surface area (Å²) in [4.78, 5) is 0. The zero-order valence-electron chi connectivity index (χ0n) is 11.0. The van der Waals surface area contributed by atoms with Gasteiger partial charge in [0.05, 0.1) is 5.69 Å². The van der Waals surface area contributed by atoms with Gasteiger partial charge >= 0.3 is 6.18 Å². The topological polar surface area (TPSA) is 43.8 Å². The van der Waals surface area contributed by atoms with Gasteiger partial charge in [-0.15, -0.1) is 0 Å². The Morgan fingerprint density at radius 2 is 1.86 bits per heavy atom. The van der Waals surface area contributed by atoms with E-state index in [1.54, 1.807) is 0 Å². The lowest BCUT2D eigenvalue weighted by molar-refractivity contribution is -0.142. The van der Waals surface area contributed by atoms with Gasteiger partial charge in [0, 0.05) is 17.3 Å². The number of nitrogens with zero attached hydrogens (tertiary/aromatic N) is 2. The SMILES string of the molecule is NC1CCCc2c1c(C(F)(F)F)nn2-c1ccc(F)cc1. The minimum absolute atomic E-state index is 0.0677. The van der Waals surface area contributed by atoms with Crippen molar-refractivity contribution in [2.45, 2.75) is 31.5 Å². The molecule has 3 nitrogen and oxygen atoms in total. The van der Waals surface area contributed by atoms with Crippen LogP contribution in [0.15, 0.2) is 24.3 Å². The second-order valence-corrected chi connectivity index (χ2v) is 5.09. The summed E-state index contributed by atoms with van der Waals surface area (Å²) in [6.45, 7) is 0. The molecule has 112 valence electrons. The summed E-state index contributed by atoms with van der Waals surface area (Å²) in [7, 11) is 0. The first-order valence-corrected chi connectivity index (χ1v) is 6.58. The summed E-state index contributed by atoms with van der Waals surface area (Å²) in [5.41, 5.74) is 5.84. The van der Waals surface area contributed by atoms with Crippen LogP contribution in [-0.2, 0) is 12.6 Å². The average molecular weight is 299 g/mol. The molecule has 21 heavy (non-hydrogen) atoms. The normalized spacial score (nSPS) is 18.6. The number of nitrogens with two attached hydrogens (primary N) is 1. The summed E-state index contributed by atoms with van der Waals surface area (Å²) in [5.74, 6) is -0.451. The Morgan fingerprint density at radius 3 is 2.48 bits per heavy atom. The second-order valence-electron chi connectivity index (χ2n) is 5.09. The molecule has 1 aromatic heterocycles. The van der Waals surface area contributed by atoms with Gasteiger partial charge < -0.3 is 5.73 Å². The van der Waals surface area contributed by atoms with Gasteiger partial charge in [0.15, 0.2) is 5.69 Å². The molecule has 7 heteroatoms. The van der Waals surface area contributed by atoms with Crippen molar-refractivity contribution in [1.29, 1.82) is 0 Å². The van der Waals surface area contributed by atoms with Crippen molar-refractivity contribution < 1.29 is 17.6 Å². The molecule has 0 saturated heterocycles. The Balaban J connectivity index is 2.20. The molecular formula is C14H13F4N3. The second kappa shape index (κ2) is 4.84. The molecule has 2 N–H and O–H groups in total. The molecule has 0 aliphatic heterocycles. The van der Waals surface area contributed by atoms with Crippen molar-refractivity contribution >= 4 is 0 Å². The molecule has 0 bridgehead atoms. The van der Waals surface area contributed by atoms with E-state index < -0.39 is 23.7 Å². The highest BCUT2D eigenvalue weighted by Crippen LogP contribution is 2.39. The average Bonchev–Trinajstić information content (AvgIpc) is 2.81. The molecule has 1 heterocycles. The first-order valence-electron chi connectivity index (χ1n) is 6.58. The highest BCUT2D eigenvalue weighted by atomic mass is 19.4. The fourth-order valence-corrected chi connectivity index (χ4v) is 2.73. The summed E-state index contributed by atoms with van der Waals surface area (Å²) < 4.78 is 53.7. The number of rotatable bonds is 1. The first kappa shape index (κ1) is 14.1. The van der Waals surface area contributed by atoms with Crippen LogP contribution in [0.25, 0.3) is 5.69 Å². The molecule has 1 aliphatic carbocycles. The Morgan fingerprint density at radius 1 is 1.19 bits per heavy atom. The van der Waals surface area contributed by atoms with Crippen LogP contribution in [0.5, 0.6) is 0 Å². The van der Waals surface area contributed by atoms with Gasteiger partial charge in [-0.1, -0.05) is 0 Å². The first-order chi connectivity index (χ1) is 9.88. The molecule has 1 aliphatic rings. The Bertz CT molecular complexity index is 658. The number of aromatic nitrogens is 2. The van der Waals surface area contributed by atoms with Gasteiger partial charge in [-0.3, -0.25) is 0 Å². The van der Waals surface area contributed by atoms with E-state index in [0.717, 1.165) is 0 Å². The van der Waals surface area contributed by atoms with Crippen LogP contribution in [-0.4, -0.2) is 9.78 Å². The zero-order chi connectivity index (χ0) is 15.2. The van der Waals surface area contributed by atoms with Gasteiger partial charge in [-0.2, -0.15) is 18.3 Å². The van der Waals surface area contributed by atoms with Crippen molar-refractivity contribution in [3.05, 3.63) is 47.0 Å². The van der Waals surface area contributed by atoms with E-state index in [4.69, 9.17) is 5.73 Å². The van der Waals surface area contributed by atoms with E-state index in [1.165, 1.54) is 28.9 Å². The van der Waals surface area contributed by atoms with Crippen LogP contribution < -0.4 is 5.73 Å². The highest BCUT2D eigenvalue weighted by molar-refractivity contribution is 5.41. The number of hydrogen-bond acceptors (Lipinski definition) is 2. The van der Waals surface area contributed by atoms with Crippen LogP contribution in [0.3, 0.4) is 0 Å². The quantitative estimate of drug-likeness (QED) is 0.821. The van der Waals surface area contributed by atoms with E-state index in [-0.39, 0.29) is 5.56 Å². The van der Waals surface area contributed by atoms with Gasteiger partial charge in [0.2, 0.25) is 0 Å². The van der Waals surface area contributed by atoms with Gasteiger partial charge in [0.25, 0.3) is 0 Å². The molecule has 1 aromatic carbocycles. The number of hydrogen-bond donors (Lipinski definition) is 1. The largest absolute Gasteiger partial charge is 0.435 e. The van der Waals surface area contributed by atoms with Crippen molar-refractivity contribution in [2.24, 2.45) is 5.73 Å². The van der Waals surface area contributed by atoms with E-state index in [0.29, 0.717) is 30.6 Å². The van der Waals surface area contributed by atoms with Crippen molar-refractivity contribution in [1.82, 2.24) is 9.78 Å². The van der Waals surface area contributed by atoms with E-state index in [1.807, 2.05) is 0 Å². The lowest BCUT2D eigenvalue weighted by atomic mass is 9.91. The van der Waals surface area contributed by atoms with Crippen LogP contribution in [0, 0.1) is 5.82 Å². The molecule has 3 rings (SSSR count). The monoisotopic (exact) mass is 299 g/mol. The van der Waals surface area contributed by atoms with Crippen LogP contribution in [0.2, 0.25) is 0 Å². The predicted octanol–water partition coefficient (Wildman–Crippen LogP) is 3.37. The van der Waals surface area contributed by atoms with Crippen molar-refractivity contribution in [2.75, 3.05) is 0 Å². The maximum Gasteiger partial charge on any atom is 0.435 e. The third-order valence-corrected chi connectivity index (χ3v) is 3.66. The van der Waals surface area contributed by atoms with Crippen molar-refractivity contribution in [3.8, 4) is 5.69 Å².